The van der Waals surface area contributed by atoms with E-state index >= 15 is 0 Å². The zero-order valence-electron chi connectivity index (χ0n) is 12.6. The van der Waals surface area contributed by atoms with Crippen LogP contribution >= 0.6 is 0 Å². The van der Waals surface area contributed by atoms with Crippen LogP contribution in [0.1, 0.15) is 57.1 Å². The van der Waals surface area contributed by atoms with Crippen molar-refractivity contribution in [1.29, 1.82) is 0 Å². The first-order valence-electron chi connectivity index (χ1n) is 7.94. The summed E-state index contributed by atoms with van der Waals surface area (Å²) < 4.78 is 11.4. The van der Waals surface area contributed by atoms with Crippen LogP contribution in [0.3, 0.4) is 0 Å². The fourth-order valence-electron chi connectivity index (χ4n) is 3.56. The van der Waals surface area contributed by atoms with E-state index in [1.807, 2.05) is 31.2 Å². The molecule has 114 valence electrons. The Labute approximate surface area is 125 Å². The Balaban J connectivity index is 1.85. The van der Waals surface area contributed by atoms with Crippen LogP contribution in [0.2, 0.25) is 0 Å². The van der Waals surface area contributed by atoms with Gasteiger partial charge in [-0.05, 0) is 38.7 Å². The quantitative estimate of drug-likeness (QED) is 0.896. The van der Waals surface area contributed by atoms with Crippen LogP contribution in [-0.2, 0) is 4.74 Å². The van der Waals surface area contributed by atoms with E-state index in [1.54, 1.807) is 0 Å². The van der Waals surface area contributed by atoms with Gasteiger partial charge in [0, 0.05) is 12.0 Å². The monoisotopic (exact) mass is 289 g/mol. The zero-order chi connectivity index (χ0) is 14.7. The molecule has 1 atom stereocenters. The van der Waals surface area contributed by atoms with E-state index in [0.717, 1.165) is 30.6 Å². The largest absolute Gasteiger partial charge is 0.487 e. The van der Waals surface area contributed by atoms with Gasteiger partial charge in [0.25, 0.3) is 0 Å². The number of benzene rings is 1. The predicted molar refractivity (Wildman–Crippen MR) is 80.4 cm³/mol. The number of para-hydroxylation sites is 1. The zero-order valence-corrected chi connectivity index (χ0v) is 12.6. The summed E-state index contributed by atoms with van der Waals surface area (Å²) in [5.41, 5.74) is 0.943. The van der Waals surface area contributed by atoms with Gasteiger partial charge >= 0.3 is 6.09 Å². The van der Waals surface area contributed by atoms with Gasteiger partial charge in [0.2, 0.25) is 0 Å². The van der Waals surface area contributed by atoms with E-state index in [-0.39, 0.29) is 17.7 Å². The number of hydrogen-bond acceptors (Lipinski definition) is 3. The van der Waals surface area contributed by atoms with E-state index < -0.39 is 0 Å². The van der Waals surface area contributed by atoms with Gasteiger partial charge in [-0.1, -0.05) is 24.6 Å². The second kappa shape index (κ2) is 5.96. The van der Waals surface area contributed by atoms with E-state index in [4.69, 9.17) is 9.47 Å². The Hall–Kier alpha value is -1.71. The number of fused-ring (bicyclic) bond motifs is 1. The summed E-state index contributed by atoms with van der Waals surface area (Å²) in [6.45, 7) is 2.21. The molecule has 1 N–H and O–H groups in total. The molecular formula is C17H23NO3. The van der Waals surface area contributed by atoms with Gasteiger partial charge in [0.15, 0.2) is 0 Å². The molecule has 1 aromatic carbocycles. The maximum Gasteiger partial charge on any atom is 0.407 e. The summed E-state index contributed by atoms with van der Waals surface area (Å²) in [5, 5.41) is 3.01. The molecule has 0 radical (unpaired) electrons. The smallest absolute Gasteiger partial charge is 0.407 e. The number of ether oxygens (including phenoxy) is 2. The third-order valence-electron chi connectivity index (χ3n) is 4.53. The van der Waals surface area contributed by atoms with Crippen molar-refractivity contribution in [3.05, 3.63) is 29.8 Å². The van der Waals surface area contributed by atoms with Crippen LogP contribution in [0.15, 0.2) is 24.3 Å². The van der Waals surface area contributed by atoms with Crippen LogP contribution < -0.4 is 10.1 Å². The maximum atomic E-state index is 11.8. The van der Waals surface area contributed by atoms with Crippen molar-refractivity contribution in [1.82, 2.24) is 5.32 Å². The minimum absolute atomic E-state index is 0.0212. The highest BCUT2D eigenvalue weighted by atomic mass is 16.5. The molecule has 1 fully saturated rings. The van der Waals surface area contributed by atoms with E-state index in [2.05, 4.69) is 5.32 Å². The second-order valence-electron chi connectivity index (χ2n) is 6.01. The van der Waals surface area contributed by atoms with Crippen LogP contribution in [0, 0.1) is 0 Å². The summed E-state index contributed by atoms with van der Waals surface area (Å²) >= 11 is 0. The van der Waals surface area contributed by atoms with Crippen molar-refractivity contribution in [3.63, 3.8) is 0 Å². The molecule has 4 nitrogen and oxygen atoms in total. The number of rotatable bonds is 2. The molecule has 0 unspecified atom stereocenters. The van der Waals surface area contributed by atoms with Gasteiger partial charge < -0.3 is 14.8 Å². The summed E-state index contributed by atoms with van der Waals surface area (Å²) in [5.74, 6) is 0.910. The van der Waals surface area contributed by atoms with Crippen LogP contribution in [0.4, 0.5) is 4.79 Å². The average molecular weight is 289 g/mol. The van der Waals surface area contributed by atoms with Crippen LogP contribution in [0.5, 0.6) is 5.75 Å². The first-order chi connectivity index (χ1) is 10.2. The molecule has 0 aromatic heterocycles. The lowest BCUT2D eigenvalue weighted by Crippen LogP contribution is -2.46. The molecule has 4 heteroatoms. The lowest BCUT2D eigenvalue weighted by Gasteiger charge is -2.44. The van der Waals surface area contributed by atoms with Crippen molar-refractivity contribution >= 4 is 6.09 Å². The van der Waals surface area contributed by atoms with Crippen molar-refractivity contribution in [3.8, 4) is 5.75 Å². The molecule has 1 heterocycles. The summed E-state index contributed by atoms with van der Waals surface area (Å²) in [6, 6.07) is 7.99. The van der Waals surface area contributed by atoms with Gasteiger partial charge in [0.05, 0.1) is 12.6 Å². The highest BCUT2D eigenvalue weighted by molar-refractivity contribution is 5.68. The van der Waals surface area contributed by atoms with E-state index in [0.29, 0.717) is 6.61 Å². The number of amides is 1. The topological polar surface area (TPSA) is 47.6 Å². The third kappa shape index (κ3) is 2.99. The van der Waals surface area contributed by atoms with Crippen molar-refractivity contribution < 1.29 is 14.3 Å². The molecular weight excluding hydrogens is 266 g/mol. The minimum atomic E-state index is -0.342. The molecule has 1 amide bonds. The molecule has 1 aromatic rings. The number of carbonyl (C=O) groups is 1. The molecule has 1 spiro atoms. The summed E-state index contributed by atoms with van der Waals surface area (Å²) in [6.07, 6.45) is 6.32. The molecule has 1 aliphatic carbocycles. The molecule has 21 heavy (non-hydrogen) atoms. The van der Waals surface area contributed by atoms with Gasteiger partial charge in [-0.15, -0.1) is 0 Å². The fourth-order valence-corrected chi connectivity index (χ4v) is 3.56. The van der Waals surface area contributed by atoms with Crippen molar-refractivity contribution in [2.45, 2.75) is 57.1 Å². The second-order valence-corrected chi connectivity index (χ2v) is 6.01. The lowest BCUT2D eigenvalue weighted by atomic mass is 9.77. The van der Waals surface area contributed by atoms with Crippen molar-refractivity contribution in [2.75, 3.05) is 6.61 Å². The fraction of sp³-hybridized carbons (Fsp3) is 0.588. The standard InChI is InChI=1S/C17H23NO3/c1-2-20-16(19)18-14-12-17(10-6-3-7-11-17)21-15-9-5-4-8-13(14)15/h4-5,8-9,14H,2-3,6-7,10-12H2,1H3,(H,18,19)/t14-/m1/s1. The third-order valence-corrected chi connectivity index (χ3v) is 4.53. The van der Waals surface area contributed by atoms with Gasteiger partial charge in [-0.25, -0.2) is 4.79 Å². The van der Waals surface area contributed by atoms with Crippen molar-refractivity contribution in [2.24, 2.45) is 0 Å². The maximum absolute atomic E-state index is 11.8. The Kier molecular flexibility index (Phi) is 4.04. The Bertz CT molecular complexity index is 509. The highest BCUT2D eigenvalue weighted by Crippen LogP contribution is 2.45. The highest BCUT2D eigenvalue weighted by Gasteiger charge is 2.42. The molecule has 0 saturated heterocycles. The van der Waals surface area contributed by atoms with Gasteiger partial charge in [-0.3, -0.25) is 0 Å². The van der Waals surface area contributed by atoms with E-state index in [9.17, 15) is 4.79 Å². The normalized spacial score (nSPS) is 23.0. The summed E-state index contributed by atoms with van der Waals surface area (Å²) in [4.78, 5) is 11.8. The molecule has 2 aliphatic rings. The average Bonchev–Trinajstić information content (AvgIpc) is 2.48. The van der Waals surface area contributed by atoms with Crippen LogP contribution in [0.25, 0.3) is 0 Å². The molecule has 1 saturated carbocycles. The Morgan fingerprint density at radius 3 is 2.86 bits per heavy atom. The SMILES string of the molecule is CCOC(=O)N[C@@H]1CC2(CCCCC2)Oc2ccccc21. The number of hydrogen-bond donors (Lipinski definition) is 1. The van der Waals surface area contributed by atoms with Gasteiger partial charge in [-0.2, -0.15) is 0 Å². The minimum Gasteiger partial charge on any atom is -0.487 e. The summed E-state index contributed by atoms with van der Waals surface area (Å²) in [7, 11) is 0. The van der Waals surface area contributed by atoms with Gasteiger partial charge in [0.1, 0.15) is 11.4 Å². The molecule has 0 bridgehead atoms. The lowest BCUT2D eigenvalue weighted by molar-refractivity contribution is -0.00258. The first-order valence-corrected chi connectivity index (χ1v) is 7.94. The number of nitrogens with one attached hydrogen (secondary N) is 1. The molecule has 1 aliphatic heterocycles. The van der Waals surface area contributed by atoms with E-state index in [1.165, 1.54) is 19.3 Å². The van der Waals surface area contributed by atoms with Crippen LogP contribution in [-0.4, -0.2) is 18.3 Å². The predicted octanol–water partition coefficient (Wildman–Crippen LogP) is 3.96. The number of alkyl carbamates (subject to hydrolysis) is 1. The number of carbonyl (C=O) groups excluding carboxylic acids is 1. The Morgan fingerprint density at radius 1 is 1.33 bits per heavy atom. The molecule has 3 rings (SSSR count). The Morgan fingerprint density at radius 2 is 2.10 bits per heavy atom. The first kappa shape index (κ1) is 14.2.